The summed E-state index contributed by atoms with van der Waals surface area (Å²) >= 11 is 0. The van der Waals surface area contributed by atoms with Gasteiger partial charge in [0.05, 0.1) is 12.8 Å². The fourth-order valence-corrected chi connectivity index (χ4v) is 1.11. The van der Waals surface area contributed by atoms with Crippen molar-refractivity contribution in [3.8, 4) is 11.5 Å². The molecule has 0 atom stereocenters. The number of amides is 2. The number of phenolic OH excluding ortho intramolecular Hbond substituents is 1. The zero-order valence-electron chi connectivity index (χ0n) is 9.51. The van der Waals surface area contributed by atoms with Crippen molar-refractivity contribution in [1.82, 2.24) is 5.43 Å². The van der Waals surface area contributed by atoms with Crippen molar-refractivity contribution in [1.29, 1.82) is 0 Å². The van der Waals surface area contributed by atoms with E-state index in [1.165, 1.54) is 12.3 Å². The van der Waals surface area contributed by atoms with Crippen LogP contribution in [-0.2, 0) is 0 Å². The van der Waals surface area contributed by atoms with Gasteiger partial charge in [-0.15, -0.1) is 0 Å². The minimum atomic E-state index is -0.761. The summed E-state index contributed by atoms with van der Waals surface area (Å²) in [6.07, 6.45) is 2.19. The maximum atomic E-state index is 10.4. The molecule has 0 saturated heterocycles. The third-order valence-electron chi connectivity index (χ3n) is 1.85. The number of nitrogens with one attached hydrogen (secondary N) is 1. The zero-order valence-corrected chi connectivity index (χ0v) is 9.51. The van der Waals surface area contributed by atoms with Crippen molar-refractivity contribution in [3.05, 3.63) is 23.8 Å². The van der Waals surface area contributed by atoms with Crippen LogP contribution in [0.3, 0.4) is 0 Å². The van der Waals surface area contributed by atoms with Gasteiger partial charge in [0.15, 0.2) is 0 Å². The predicted octanol–water partition coefficient (Wildman–Crippen LogP) is 1.18. The number of hydrogen-bond acceptors (Lipinski definition) is 4. The number of ether oxygens (including phenoxy) is 1. The number of hydrogen-bond donors (Lipinski definition) is 3. The molecule has 1 rings (SSSR count). The van der Waals surface area contributed by atoms with E-state index in [4.69, 9.17) is 10.5 Å². The highest BCUT2D eigenvalue weighted by atomic mass is 16.5. The quantitative estimate of drug-likeness (QED) is 0.530. The summed E-state index contributed by atoms with van der Waals surface area (Å²) < 4.78 is 5.34. The molecule has 0 aliphatic rings. The van der Waals surface area contributed by atoms with Gasteiger partial charge in [0.1, 0.15) is 11.5 Å². The van der Waals surface area contributed by atoms with Gasteiger partial charge in [0.25, 0.3) is 0 Å². The largest absolute Gasteiger partial charge is 0.507 e. The first-order valence-electron chi connectivity index (χ1n) is 5.17. The summed E-state index contributed by atoms with van der Waals surface area (Å²) in [5, 5.41) is 13.2. The lowest BCUT2D eigenvalue weighted by Gasteiger charge is -2.05. The van der Waals surface area contributed by atoms with Crippen molar-refractivity contribution in [2.24, 2.45) is 10.8 Å². The Bertz CT molecular complexity index is 418. The maximum absolute atomic E-state index is 10.4. The number of primary amides is 1. The number of carbonyl (C=O) groups is 1. The van der Waals surface area contributed by atoms with Crippen LogP contribution < -0.4 is 15.9 Å². The molecule has 0 unspecified atom stereocenters. The van der Waals surface area contributed by atoms with Gasteiger partial charge in [-0.25, -0.2) is 10.2 Å². The summed E-state index contributed by atoms with van der Waals surface area (Å²) in [7, 11) is 0. The van der Waals surface area contributed by atoms with Gasteiger partial charge in [-0.3, -0.25) is 0 Å². The smallest absolute Gasteiger partial charge is 0.332 e. The molecule has 2 amide bonds. The standard InChI is InChI=1S/C11H15N3O3/c1-2-5-17-9-4-3-8(10(15)6-9)7-13-14-11(12)16/h3-4,6-7,15H,2,5H2,1H3,(H3,12,14,16). The number of nitrogens with two attached hydrogens (primary N) is 1. The fraction of sp³-hybridized carbons (Fsp3) is 0.273. The van der Waals surface area contributed by atoms with Gasteiger partial charge in [-0.1, -0.05) is 6.92 Å². The Morgan fingerprint density at radius 1 is 1.65 bits per heavy atom. The van der Waals surface area contributed by atoms with E-state index in [1.807, 2.05) is 12.3 Å². The Morgan fingerprint density at radius 2 is 2.41 bits per heavy atom. The number of hydrazone groups is 1. The molecular weight excluding hydrogens is 222 g/mol. The van der Waals surface area contributed by atoms with E-state index in [0.29, 0.717) is 17.9 Å². The molecule has 4 N–H and O–H groups in total. The van der Waals surface area contributed by atoms with Crippen LogP contribution in [0, 0.1) is 0 Å². The second-order valence-corrected chi connectivity index (χ2v) is 3.30. The Morgan fingerprint density at radius 3 is 3.00 bits per heavy atom. The lowest BCUT2D eigenvalue weighted by Crippen LogP contribution is -2.24. The molecule has 0 fully saturated rings. The van der Waals surface area contributed by atoms with Gasteiger partial charge in [0.2, 0.25) is 0 Å². The lowest BCUT2D eigenvalue weighted by molar-refractivity contribution is 0.249. The summed E-state index contributed by atoms with van der Waals surface area (Å²) in [6.45, 7) is 2.59. The highest BCUT2D eigenvalue weighted by molar-refractivity contribution is 5.84. The molecule has 6 heteroatoms. The molecule has 92 valence electrons. The summed E-state index contributed by atoms with van der Waals surface area (Å²) in [6, 6.07) is 4.07. The molecule has 0 aliphatic heterocycles. The first kappa shape index (κ1) is 12.8. The summed E-state index contributed by atoms with van der Waals surface area (Å²) in [5.74, 6) is 0.609. The topological polar surface area (TPSA) is 96.9 Å². The number of nitrogens with zero attached hydrogens (tertiary/aromatic N) is 1. The fourth-order valence-electron chi connectivity index (χ4n) is 1.11. The second kappa shape index (κ2) is 6.37. The van der Waals surface area contributed by atoms with Crippen LogP contribution in [-0.4, -0.2) is 24.0 Å². The number of carbonyl (C=O) groups excluding carboxylic acids is 1. The van der Waals surface area contributed by atoms with E-state index in [0.717, 1.165) is 6.42 Å². The molecule has 0 spiro atoms. The molecule has 1 aromatic carbocycles. The van der Waals surface area contributed by atoms with Crippen molar-refractivity contribution in [2.75, 3.05) is 6.61 Å². The van der Waals surface area contributed by atoms with Crippen LogP contribution >= 0.6 is 0 Å². The van der Waals surface area contributed by atoms with E-state index in [-0.39, 0.29) is 5.75 Å². The molecule has 0 saturated carbocycles. The van der Waals surface area contributed by atoms with E-state index < -0.39 is 6.03 Å². The Kier molecular flexibility index (Phi) is 4.80. The molecule has 0 radical (unpaired) electrons. The van der Waals surface area contributed by atoms with Crippen molar-refractivity contribution in [2.45, 2.75) is 13.3 Å². The SMILES string of the molecule is CCCOc1ccc(C=NNC(N)=O)c(O)c1. The molecule has 1 aromatic rings. The molecular formula is C11H15N3O3. The third-order valence-corrected chi connectivity index (χ3v) is 1.85. The maximum Gasteiger partial charge on any atom is 0.332 e. The first-order chi connectivity index (χ1) is 8.13. The van der Waals surface area contributed by atoms with Crippen molar-refractivity contribution in [3.63, 3.8) is 0 Å². The van der Waals surface area contributed by atoms with Gasteiger partial charge in [0, 0.05) is 11.6 Å². The molecule has 0 aliphatic carbocycles. The molecule has 0 bridgehead atoms. The average Bonchev–Trinajstić information content (AvgIpc) is 2.28. The number of benzene rings is 1. The van der Waals surface area contributed by atoms with E-state index in [9.17, 15) is 9.90 Å². The number of phenols is 1. The second-order valence-electron chi connectivity index (χ2n) is 3.30. The normalized spacial score (nSPS) is 10.4. The predicted molar refractivity (Wildman–Crippen MR) is 64.2 cm³/mol. The monoisotopic (exact) mass is 237 g/mol. The van der Waals surface area contributed by atoms with Gasteiger partial charge >= 0.3 is 6.03 Å². The molecule has 17 heavy (non-hydrogen) atoms. The van der Waals surface area contributed by atoms with E-state index in [1.54, 1.807) is 12.1 Å². The van der Waals surface area contributed by atoms with Crippen LogP contribution in [0.1, 0.15) is 18.9 Å². The van der Waals surface area contributed by atoms with Crippen molar-refractivity contribution < 1.29 is 14.6 Å². The number of aromatic hydroxyl groups is 1. The molecule has 6 nitrogen and oxygen atoms in total. The van der Waals surface area contributed by atoms with Gasteiger partial charge < -0.3 is 15.6 Å². The Labute approximate surface area is 99.1 Å². The Balaban J connectivity index is 2.68. The van der Waals surface area contributed by atoms with Crippen LogP contribution in [0.25, 0.3) is 0 Å². The van der Waals surface area contributed by atoms with Crippen molar-refractivity contribution >= 4 is 12.2 Å². The first-order valence-corrected chi connectivity index (χ1v) is 5.17. The summed E-state index contributed by atoms with van der Waals surface area (Å²) in [4.78, 5) is 10.4. The third kappa shape index (κ3) is 4.42. The van der Waals surface area contributed by atoms with Gasteiger partial charge in [-0.05, 0) is 18.6 Å². The van der Waals surface area contributed by atoms with Gasteiger partial charge in [-0.2, -0.15) is 5.10 Å². The summed E-state index contributed by atoms with van der Waals surface area (Å²) in [5.41, 5.74) is 7.32. The van der Waals surface area contributed by atoms with Crippen LogP contribution in [0.2, 0.25) is 0 Å². The average molecular weight is 237 g/mol. The minimum Gasteiger partial charge on any atom is -0.507 e. The number of urea groups is 1. The molecule has 0 heterocycles. The minimum absolute atomic E-state index is 0.0219. The van der Waals surface area contributed by atoms with Crippen LogP contribution in [0.4, 0.5) is 4.79 Å². The number of rotatable bonds is 5. The zero-order chi connectivity index (χ0) is 12.7. The van der Waals surface area contributed by atoms with E-state index in [2.05, 4.69) is 5.10 Å². The van der Waals surface area contributed by atoms with Crippen LogP contribution in [0.5, 0.6) is 11.5 Å². The van der Waals surface area contributed by atoms with Crippen LogP contribution in [0.15, 0.2) is 23.3 Å². The molecule has 0 aromatic heterocycles. The van der Waals surface area contributed by atoms with E-state index >= 15 is 0 Å². The highest BCUT2D eigenvalue weighted by Crippen LogP contribution is 2.22. The highest BCUT2D eigenvalue weighted by Gasteiger charge is 2.01. The Hall–Kier alpha value is -2.24. The lowest BCUT2D eigenvalue weighted by atomic mass is 10.2.